The van der Waals surface area contributed by atoms with Crippen LogP contribution in [0.1, 0.15) is 29.6 Å². The minimum Gasteiger partial charge on any atom is -0.457 e. The van der Waals surface area contributed by atoms with Crippen LogP contribution in [-0.2, 0) is 0 Å². The first-order valence-electron chi connectivity index (χ1n) is 9.03. The summed E-state index contributed by atoms with van der Waals surface area (Å²) in [7, 11) is 1.99. The summed E-state index contributed by atoms with van der Waals surface area (Å²) in [5.41, 5.74) is 0.696. The van der Waals surface area contributed by atoms with Crippen molar-refractivity contribution < 1.29 is 9.53 Å². The molecule has 1 heterocycles. The predicted molar refractivity (Wildman–Crippen MR) is 107 cm³/mol. The molecule has 1 fully saturated rings. The molecule has 0 spiro atoms. The Bertz CT molecular complexity index is 685. The fourth-order valence-corrected chi connectivity index (χ4v) is 3.27. The molecular formula is C21H27ClN2O2. The lowest BCUT2D eigenvalue weighted by molar-refractivity contribution is 0.0687. The van der Waals surface area contributed by atoms with Gasteiger partial charge in [0.15, 0.2) is 0 Å². The van der Waals surface area contributed by atoms with Crippen molar-refractivity contribution in [3.8, 4) is 11.5 Å². The van der Waals surface area contributed by atoms with Crippen molar-refractivity contribution in [3.63, 3.8) is 0 Å². The van der Waals surface area contributed by atoms with Gasteiger partial charge in [-0.2, -0.15) is 0 Å². The maximum Gasteiger partial charge on any atom is 0.253 e. The Balaban J connectivity index is 0.00000243. The Kier molecular flexibility index (Phi) is 7.95. The van der Waals surface area contributed by atoms with Gasteiger partial charge in [-0.1, -0.05) is 24.3 Å². The van der Waals surface area contributed by atoms with Crippen LogP contribution >= 0.6 is 12.4 Å². The van der Waals surface area contributed by atoms with Crippen LogP contribution in [0.2, 0.25) is 0 Å². The summed E-state index contributed by atoms with van der Waals surface area (Å²) in [6, 6.07) is 17.1. The first kappa shape index (κ1) is 20.3. The summed E-state index contributed by atoms with van der Waals surface area (Å²) < 4.78 is 5.84. The zero-order valence-electron chi connectivity index (χ0n) is 15.2. The lowest BCUT2D eigenvalue weighted by Crippen LogP contribution is -2.38. The maximum atomic E-state index is 12.8. The number of para-hydroxylation sites is 1. The minimum atomic E-state index is 0. The van der Waals surface area contributed by atoms with E-state index in [9.17, 15) is 4.79 Å². The average Bonchev–Trinajstić information content (AvgIpc) is 2.67. The van der Waals surface area contributed by atoms with E-state index in [4.69, 9.17) is 4.74 Å². The molecule has 0 aromatic heterocycles. The highest BCUT2D eigenvalue weighted by Crippen LogP contribution is 2.25. The van der Waals surface area contributed by atoms with Gasteiger partial charge in [0.25, 0.3) is 5.91 Å². The number of ether oxygens (including phenoxy) is 1. The molecule has 5 heteroatoms. The topological polar surface area (TPSA) is 41.6 Å². The molecule has 4 nitrogen and oxygen atoms in total. The number of hydrogen-bond donors (Lipinski definition) is 1. The van der Waals surface area contributed by atoms with Gasteiger partial charge in [0, 0.05) is 18.7 Å². The van der Waals surface area contributed by atoms with E-state index in [1.54, 1.807) is 0 Å². The molecule has 1 amide bonds. The van der Waals surface area contributed by atoms with E-state index in [2.05, 4.69) is 5.32 Å². The van der Waals surface area contributed by atoms with Crippen LogP contribution in [0.3, 0.4) is 0 Å². The van der Waals surface area contributed by atoms with Crippen molar-refractivity contribution in [3.05, 3.63) is 60.2 Å². The third kappa shape index (κ3) is 5.48. The second-order valence-corrected chi connectivity index (χ2v) is 6.57. The highest BCUT2D eigenvalue weighted by Gasteiger charge is 2.23. The quantitative estimate of drug-likeness (QED) is 0.816. The number of hydrogen-bond acceptors (Lipinski definition) is 3. The van der Waals surface area contributed by atoms with E-state index < -0.39 is 0 Å². The van der Waals surface area contributed by atoms with E-state index in [1.807, 2.05) is 66.5 Å². The smallest absolute Gasteiger partial charge is 0.253 e. The van der Waals surface area contributed by atoms with Crippen LogP contribution in [0.4, 0.5) is 0 Å². The third-order valence-electron chi connectivity index (χ3n) is 4.76. The highest BCUT2D eigenvalue weighted by atomic mass is 35.5. The molecule has 2 aromatic carbocycles. The van der Waals surface area contributed by atoms with Crippen LogP contribution in [-0.4, -0.2) is 37.5 Å². The lowest BCUT2D eigenvalue weighted by Gasteiger charge is -2.32. The third-order valence-corrected chi connectivity index (χ3v) is 4.76. The molecule has 140 valence electrons. The summed E-state index contributed by atoms with van der Waals surface area (Å²) in [5.74, 6) is 2.30. The van der Waals surface area contributed by atoms with Crippen molar-refractivity contribution >= 4 is 18.3 Å². The number of amides is 1. The first-order valence-corrected chi connectivity index (χ1v) is 9.03. The summed E-state index contributed by atoms with van der Waals surface area (Å²) in [5, 5.41) is 3.21. The summed E-state index contributed by atoms with van der Waals surface area (Å²) in [6.45, 7) is 2.74. The van der Waals surface area contributed by atoms with E-state index in [-0.39, 0.29) is 18.3 Å². The van der Waals surface area contributed by atoms with Crippen molar-refractivity contribution in [2.24, 2.45) is 5.92 Å². The minimum absolute atomic E-state index is 0. The lowest BCUT2D eigenvalue weighted by atomic mass is 9.93. The van der Waals surface area contributed by atoms with Gasteiger partial charge in [-0.3, -0.25) is 4.79 Å². The van der Waals surface area contributed by atoms with E-state index in [1.165, 1.54) is 6.42 Å². The molecule has 0 saturated carbocycles. The molecular weight excluding hydrogens is 348 g/mol. The molecule has 1 aliphatic rings. The Morgan fingerprint density at radius 3 is 2.46 bits per heavy atom. The normalized spacial score (nSPS) is 14.6. The van der Waals surface area contributed by atoms with Gasteiger partial charge >= 0.3 is 0 Å². The van der Waals surface area contributed by atoms with Crippen LogP contribution in [0.25, 0.3) is 0 Å². The number of nitrogens with one attached hydrogen (secondary N) is 1. The second-order valence-electron chi connectivity index (χ2n) is 6.57. The number of likely N-dealkylation sites (tertiary alicyclic amines) is 1. The van der Waals surface area contributed by atoms with Crippen molar-refractivity contribution in [2.45, 2.75) is 19.3 Å². The molecule has 0 bridgehead atoms. The molecule has 1 N–H and O–H groups in total. The summed E-state index contributed by atoms with van der Waals surface area (Å²) in [4.78, 5) is 14.8. The highest BCUT2D eigenvalue weighted by molar-refractivity contribution is 5.94. The van der Waals surface area contributed by atoms with Gasteiger partial charge in [-0.05, 0) is 69.1 Å². The summed E-state index contributed by atoms with van der Waals surface area (Å²) >= 11 is 0. The largest absolute Gasteiger partial charge is 0.457 e. The number of halogens is 1. The van der Waals surface area contributed by atoms with Crippen LogP contribution in [0.15, 0.2) is 54.6 Å². The number of carbonyl (C=O) groups excluding carboxylic acids is 1. The molecule has 0 radical (unpaired) electrons. The first-order chi connectivity index (χ1) is 12.3. The van der Waals surface area contributed by atoms with Gasteiger partial charge in [0.1, 0.15) is 11.5 Å². The molecule has 0 atom stereocenters. The SMILES string of the molecule is CNCCC1CCN(C(=O)c2cccc(Oc3ccccc3)c2)CC1.Cl. The van der Waals surface area contributed by atoms with E-state index in [0.717, 1.165) is 44.1 Å². The van der Waals surface area contributed by atoms with Crippen molar-refractivity contribution in [2.75, 3.05) is 26.7 Å². The number of benzene rings is 2. The average molecular weight is 375 g/mol. The maximum absolute atomic E-state index is 12.8. The number of rotatable bonds is 6. The Labute approximate surface area is 162 Å². The van der Waals surface area contributed by atoms with Crippen LogP contribution in [0, 0.1) is 5.92 Å². The number of nitrogens with zero attached hydrogens (tertiary/aromatic N) is 1. The predicted octanol–water partition coefficient (Wildman–Crippen LogP) is 4.36. The van der Waals surface area contributed by atoms with Gasteiger partial charge in [-0.25, -0.2) is 0 Å². The van der Waals surface area contributed by atoms with Gasteiger partial charge in [0.2, 0.25) is 0 Å². The summed E-state index contributed by atoms with van der Waals surface area (Å²) in [6.07, 6.45) is 3.38. The molecule has 1 saturated heterocycles. The monoisotopic (exact) mass is 374 g/mol. The molecule has 0 aliphatic carbocycles. The fraction of sp³-hybridized carbons (Fsp3) is 0.381. The molecule has 0 unspecified atom stereocenters. The standard InChI is InChI=1S/C21H26N2O2.ClH/c1-22-13-10-17-11-14-23(15-12-17)21(24)18-6-5-9-20(16-18)25-19-7-3-2-4-8-19;/h2-9,16-17,22H,10-15H2,1H3;1H. The zero-order chi connectivity index (χ0) is 17.5. The molecule has 26 heavy (non-hydrogen) atoms. The molecule has 2 aromatic rings. The Morgan fingerprint density at radius 2 is 1.77 bits per heavy atom. The van der Waals surface area contributed by atoms with E-state index >= 15 is 0 Å². The zero-order valence-corrected chi connectivity index (χ0v) is 16.0. The number of piperidine rings is 1. The van der Waals surface area contributed by atoms with Crippen LogP contribution < -0.4 is 10.1 Å². The van der Waals surface area contributed by atoms with Gasteiger partial charge in [-0.15, -0.1) is 12.4 Å². The number of carbonyl (C=O) groups is 1. The Morgan fingerprint density at radius 1 is 1.08 bits per heavy atom. The van der Waals surface area contributed by atoms with Gasteiger partial charge < -0.3 is 15.0 Å². The second kappa shape index (κ2) is 10.2. The molecule has 3 rings (SSSR count). The van der Waals surface area contributed by atoms with Crippen molar-refractivity contribution in [1.29, 1.82) is 0 Å². The Hall–Kier alpha value is -2.04. The molecule has 1 aliphatic heterocycles. The fourth-order valence-electron chi connectivity index (χ4n) is 3.27. The van der Waals surface area contributed by atoms with Gasteiger partial charge in [0.05, 0.1) is 0 Å². The van der Waals surface area contributed by atoms with Crippen LogP contribution in [0.5, 0.6) is 11.5 Å². The van der Waals surface area contributed by atoms with E-state index in [0.29, 0.717) is 11.3 Å². The van der Waals surface area contributed by atoms with Crippen molar-refractivity contribution in [1.82, 2.24) is 10.2 Å².